The van der Waals surface area contributed by atoms with Gasteiger partial charge in [0.25, 0.3) is 0 Å². The number of carbonyl (C=O) groups excluding carboxylic acids is 1. The van der Waals surface area contributed by atoms with Gasteiger partial charge in [-0.05, 0) is 49.3 Å². The summed E-state index contributed by atoms with van der Waals surface area (Å²) in [4.78, 5) is 25.0. The summed E-state index contributed by atoms with van der Waals surface area (Å²) in [6.07, 6.45) is 9.90. The molecule has 5 aromatic rings. The van der Waals surface area contributed by atoms with Gasteiger partial charge in [0.1, 0.15) is 6.33 Å². The summed E-state index contributed by atoms with van der Waals surface area (Å²) in [5, 5.41) is 13.0. The fraction of sp³-hybridized carbons (Fsp3) is 0.368. The van der Waals surface area contributed by atoms with E-state index in [1.54, 1.807) is 18.8 Å². The second-order valence-electron chi connectivity index (χ2n) is 12.2. The van der Waals surface area contributed by atoms with Gasteiger partial charge in [0, 0.05) is 60.9 Å². The molecule has 1 N–H and O–H groups in total. The normalized spacial score (nSPS) is 11.9. The van der Waals surface area contributed by atoms with Gasteiger partial charge in [0.15, 0.2) is 5.78 Å². The molecule has 3 aromatic heterocycles. The average molecular weight is 783 g/mol. The molecular weight excluding hydrogens is 739 g/mol. The van der Waals surface area contributed by atoms with Crippen molar-refractivity contribution in [3.63, 3.8) is 0 Å². The van der Waals surface area contributed by atoms with E-state index in [4.69, 9.17) is 4.42 Å². The van der Waals surface area contributed by atoms with E-state index < -0.39 is 0 Å². The first-order valence-corrected chi connectivity index (χ1v) is 15.7. The topological polar surface area (TPSA) is 89.1 Å². The van der Waals surface area contributed by atoms with Crippen LogP contribution in [-0.2, 0) is 30.3 Å². The van der Waals surface area contributed by atoms with Crippen molar-refractivity contribution in [2.45, 2.75) is 79.6 Å². The van der Waals surface area contributed by atoms with E-state index >= 15 is 0 Å². The van der Waals surface area contributed by atoms with Crippen LogP contribution in [0.4, 0.5) is 0 Å². The van der Waals surface area contributed by atoms with Crippen molar-refractivity contribution < 1.29 is 34.4 Å². The summed E-state index contributed by atoms with van der Waals surface area (Å²) in [5.74, 6) is 0.547. The van der Waals surface area contributed by atoms with Gasteiger partial charge in [-0.2, -0.15) is 0 Å². The third-order valence-electron chi connectivity index (χ3n) is 8.25. The van der Waals surface area contributed by atoms with E-state index in [1.807, 2.05) is 52.0 Å². The number of carbonyl (C=O) groups is 1. The van der Waals surface area contributed by atoms with E-state index in [1.165, 1.54) is 17.0 Å². The zero-order chi connectivity index (χ0) is 31.9. The van der Waals surface area contributed by atoms with Crippen molar-refractivity contribution in [1.29, 1.82) is 0 Å². The third-order valence-corrected chi connectivity index (χ3v) is 8.25. The number of benzene rings is 2. The summed E-state index contributed by atoms with van der Waals surface area (Å²) in [7, 11) is 0. The van der Waals surface area contributed by atoms with E-state index in [9.17, 15) is 9.90 Å². The summed E-state index contributed by atoms with van der Waals surface area (Å²) in [6.45, 7) is 14.8. The molecule has 0 aliphatic carbocycles. The van der Waals surface area contributed by atoms with Crippen molar-refractivity contribution in [1.82, 2.24) is 15.0 Å². The van der Waals surface area contributed by atoms with Crippen molar-refractivity contribution in [3.8, 4) is 22.5 Å². The number of nitrogens with zero attached hydrogens (tertiary/aromatic N) is 3. The Morgan fingerprint density at radius 3 is 2.22 bits per heavy atom. The number of fused-ring (bicyclic) bond motifs is 2. The smallest absolute Gasteiger partial charge is 0.226 e. The molecule has 0 saturated carbocycles. The Balaban J connectivity index is 0.000000297. The minimum absolute atomic E-state index is 0. The van der Waals surface area contributed by atoms with Crippen LogP contribution in [-0.4, -0.2) is 25.8 Å². The molecule has 0 aliphatic heterocycles. The number of pyridine rings is 1. The standard InChI is InChI=1S/C25H20N3O.C13H24O2.Ir/c1-25(2,3)21-13-17(12-16-6-4-5-7-18(16)21)22-14-23(28-15-27-22)19-8-10-26-24-20(19)9-11-29-24;1-5-10(6-2)12(14)9-13(15)11(7-3)8-4;/h4-11,13-15H,1-3H3;9-11,14H,5-8H2,1-4H3;/q-1;;/b;12-9-;. The zero-order valence-electron chi connectivity index (χ0n) is 27.4. The van der Waals surface area contributed by atoms with Gasteiger partial charge in [-0.15, -0.1) is 29.1 Å². The van der Waals surface area contributed by atoms with Crippen LogP contribution in [0, 0.1) is 17.9 Å². The molecule has 0 amide bonds. The number of allylic oxidation sites excluding steroid dienone is 2. The van der Waals surface area contributed by atoms with Crippen molar-refractivity contribution in [2.24, 2.45) is 11.8 Å². The van der Waals surface area contributed by atoms with Crippen molar-refractivity contribution in [3.05, 3.63) is 90.8 Å². The van der Waals surface area contributed by atoms with E-state index in [0.717, 1.165) is 59.0 Å². The summed E-state index contributed by atoms with van der Waals surface area (Å²) >= 11 is 0. The summed E-state index contributed by atoms with van der Waals surface area (Å²) in [6, 6.07) is 20.0. The molecule has 0 atom stereocenters. The summed E-state index contributed by atoms with van der Waals surface area (Å²) < 4.78 is 5.44. The minimum Gasteiger partial charge on any atom is -0.512 e. The van der Waals surface area contributed by atoms with Gasteiger partial charge in [0.05, 0.1) is 17.7 Å². The maximum Gasteiger partial charge on any atom is 0.226 e. The van der Waals surface area contributed by atoms with Gasteiger partial charge < -0.3 is 9.52 Å². The molecule has 6 nitrogen and oxygen atoms in total. The number of furan rings is 1. The number of hydrogen-bond donors (Lipinski definition) is 1. The molecule has 0 saturated heterocycles. The van der Waals surface area contributed by atoms with Crippen LogP contribution in [0.3, 0.4) is 0 Å². The van der Waals surface area contributed by atoms with Crippen LogP contribution in [0.1, 0.15) is 79.7 Å². The van der Waals surface area contributed by atoms with Crippen LogP contribution < -0.4 is 0 Å². The minimum atomic E-state index is 0. The molecule has 0 unspecified atom stereocenters. The van der Waals surface area contributed by atoms with Gasteiger partial charge >= 0.3 is 0 Å². The Morgan fingerprint density at radius 2 is 1.56 bits per heavy atom. The van der Waals surface area contributed by atoms with E-state index in [0.29, 0.717) is 5.71 Å². The molecule has 0 fully saturated rings. The molecule has 0 aliphatic rings. The SMILES string of the molecule is CC(C)(C)c1cc(-c2cc(-c3ccnc4occc34)ncn2)[c-]c2ccccc12.CCC(CC)C(=O)/C=C(\O)C(CC)CC.[Ir]. The van der Waals surface area contributed by atoms with Crippen LogP contribution in [0.15, 0.2) is 83.6 Å². The Hall–Kier alpha value is -3.67. The molecule has 3 heterocycles. The maximum absolute atomic E-state index is 11.7. The van der Waals surface area contributed by atoms with Crippen LogP contribution in [0.25, 0.3) is 44.4 Å². The number of rotatable bonds is 9. The molecule has 45 heavy (non-hydrogen) atoms. The fourth-order valence-electron chi connectivity index (χ4n) is 5.52. The number of aliphatic hydroxyl groups excluding tert-OH is 1. The Kier molecular flexibility index (Phi) is 12.8. The predicted octanol–water partition coefficient (Wildman–Crippen LogP) is 10.1. The molecular formula is C38H44IrN3O3-. The first kappa shape index (κ1) is 35.8. The van der Waals surface area contributed by atoms with E-state index in [-0.39, 0.29) is 48.9 Å². The molecule has 0 spiro atoms. The molecule has 0 bridgehead atoms. The number of aliphatic hydroxyl groups is 1. The molecule has 1 radical (unpaired) electrons. The third kappa shape index (κ3) is 8.53. The second kappa shape index (κ2) is 16.1. The van der Waals surface area contributed by atoms with Gasteiger partial charge in [-0.1, -0.05) is 77.6 Å². The van der Waals surface area contributed by atoms with Crippen LogP contribution in [0.5, 0.6) is 0 Å². The van der Waals surface area contributed by atoms with Crippen molar-refractivity contribution >= 4 is 27.7 Å². The van der Waals surface area contributed by atoms with E-state index in [2.05, 4.69) is 66.1 Å². The largest absolute Gasteiger partial charge is 0.512 e. The number of hydrogen-bond acceptors (Lipinski definition) is 6. The fourth-order valence-corrected chi connectivity index (χ4v) is 5.52. The van der Waals surface area contributed by atoms with Gasteiger partial charge in [-0.25, -0.2) is 9.97 Å². The van der Waals surface area contributed by atoms with Crippen LogP contribution >= 0.6 is 0 Å². The molecule has 239 valence electrons. The Bertz CT molecular complexity index is 1740. The molecule has 7 heteroatoms. The first-order valence-electron chi connectivity index (χ1n) is 15.7. The quantitative estimate of drug-likeness (QED) is 0.0910. The van der Waals surface area contributed by atoms with Gasteiger partial charge in [-0.3, -0.25) is 9.78 Å². The second-order valence-corrected chi connectivity index (χ2v) is 12.2. The Labute approximate surface area is 280 Å². The first-order chi connectivity index (χ1) is 21.1. The number of aromatic nitrogens is 3. The molecule has 5 rings (SSSR count). The maximum atomic E-state index is 11.7. The zero-order valence-corrected chi connectivity index (χ0v) is 29.7. The predicted molar refractivity (Wildman–Crippen MR) is 179 cm³/mol. The van der Waals surface area contributed by atoms with Crippen molar-refractivity contribution in [2.75, 3.05) is 0 Å². The Morgan fingerprint density at radius 1 is 0.889 bits per heavy atom. The molecule has 2 aromatic carbocycles. The van der Waals surface area contributed by atoms with Crippen LogP contribution in [0.2, 0.25) is 0 Å². The van der Waals surface area contributed by atoms with Gasteiger partial charge in [0.2, 0.25) is 5.71 Å². The monoisotopic (exact) mass is 783 g/mol. The summed E-state index contributed by atoms with van der Waals surface area (Å²) in [5.41, 5.74) is 5.52. The average Bonchev–Trinajstić information content (AvgIpc) is 3.51. The number of ketones is 1.